The number of benzene rings is 1. The minimum Gasteiger partial charge on any atom is -0.384 e. The van der Waals surface area contributed by atoms with Crippen LogP contribution >= 0.6 is 11.6 Å². The number of carbonyl (C=O) groups is 1. The summed E-state index contributed by atoms with van der Waals surface area (Å²) < 4.78 is 5.38. The van der Waals surface area contributed by atoms with Gasteiger partial charge in [-0.05, 0) is 24.6 Å². The van der Waals surface area contributed by atoms with E-state index in [2.05, 4.69) is 10.2 Å². The van der Waals surface area contributed by atoms with E-state index >= 15 is 0 Å². The predicted octanol–water partition coefficient (Wildman–Crippen LogP) is 1.21. The lowest BCUT2D eigenvalue weighted by Gasteiger charge is -2.35. The van der Waals surface area contributed by atoms with Gasteiger partial charge in [0.25, 0.3) is 0 Å². The van der Waals surface area contributed by atoms with Gasteiger partial charge < -0.3 is 15.2 Å². The number of ether oxygens (including phenoxy) is 1. The SMILES string of the molecule is CC(O)C(=O)NCC(c1ccc(Cl)cc1)N1CCOCC1. The van der Waals surface area contributed by atoms with Gasteiger partial charge in [-0.2, -0.15) is 0 Å². The lowest BCUT2D eigenvalue weighted by atomic mass is 10.0. The Labute approximate surface area is 129 Å². The second kappa shape index (κ2) is 7.75. The minimum atomic E-state index is -0.999. The van der Waals surface area contributed by atoms with Crippen molar-refractivity contribution in [2.45, 2.75) is 19.1 Å². The summed E-state index contributed by atoms with van der Waals surface area (Å²) in [5.41, 5.74) is 1.09. The van der Waals surface area contributed by atoms with Gasteiger partial charge in [-0.25, -0.2) is 0 Å². The van der Waals surface area contributed by atoms with Crippen LogP contribution in [0, 0.1) is 0 Å². The molecule has 2 unspecified atom stereocenters. The summed E-state index contributed by atoms with van der Waals surface area (Å²) in [7, 11) is 0. The van der Waals surface area contributed by atoms with Gasteiger partial charge in [-0.1, -0.05) is 23.7 Å². The highest BCUT2D eigenvalue weighted by Gasteiger charge is 2.23. The molecule has 6 heteroatoms. The summed E-state index contributed by atoms with van der Waals surface area (Å²) in [5.74, 6) is -0.359. The maximum Gasteiger partial charge on any atom is 0.248 e. The zero-order chi connectivity index (χ0) is 15.2. The molecule has 2 atom stereocenters. The molecule has 1 amide bonds. The fourth-order valence-corrected chi connectivity index (χ4v) is 2.50. The van der Waals surface area contributed by atoms with Crippen LogP contribution in [0.3, 0.4) is 0 Å². The van der Waals surface area contributed by atoms with E-state index in [0.717, 1.165) is 18.7 Å². The number of rotatable bonds is 5. The first-order valence-corrected chi connectivity index (χ1v) is 7.49. The van der Waals surface area contributed by atoms with E-state index in [9.17, 15) is 9.90 Å². The van der Waals surface area contributed by atoms with Crippen LogP contribution in [0.15, 0.2) is 24.3 Å². The average Bonchev–Trinajstić information content (AvgIpc) is 2.50. The lowest BCUT2D eigenvalue weighted by Crippen LogP contribution is -2.45. The maximum absolute atomic E-state index is 11.6. The summed E-state index contributed by atoms with van der Waals surface area (Å²) in [4.78, 5) is 13.9. The Morgan fingerprint density at radius 3 is 2.57 bits per heavy atom. The molecular formula is C15H21ClN2O3. The molecule has 1 saturated heterocycles. The van der Waals surface area contributed by atoms with E-state index in [1.165, 1.54) is 6.92 Å². The fourth-order valence-electron chi connectivity index (χ4n) is 2.38. The largest absolute Gasteiger partial charge is 0.384 e. The van der Waals surface area contributed by atoms with E-state index in [0.29, 0.717) is 24.8 Å². The summed E-state index contributed by atoms with van der Waals surface area (Å²) >= 11 is 5.93. The lowest BCUT2D eigenvalue weighted by molar-refractivity contribution is -0.128. The number of hydrogen-bond acceptors (Lipinski definition) is 4. The molecule has 1 aromatic rings. The number of nitrogens with zero attached hydrogens (tertiary/aromatic N) is 1. The molecule has 0 aliphatic carbocycles. The molecule has 1 aliphatic rings. The number of carbonyl (C=O) groups excluding carboxylic acids is 1. The second-order valence-electron chi connectivity index (χ2n) is 5.14. The molecule has 0 aromatic heterocycles. The third-order valence-corrected chi connectivity index (χ3v) is 3.84. The third-order valence-electron chi connectivity index (χ3n) is 3.59. The molecule has 2 rings (SSSR count). The zero-order valence-corrected chi connectivity index (χ0v) is 12.8. The van der Waals surface area contributed by atoms with Gasteiger partial charge in [0.15, 0.2) is 0 Å². The average molecular weight is 313 g/mol. The van der Waals surface area contributed by atoms with Crippen LogP contribution in [0.2, 0.25) is 5.02 Å². The summed E-state index contributed by atoms with van der Waals surface area (Å²) in [6.45, 7) is 4.92. The topological polar surface area (TPSA) is 61.8 Å². The van der Waals surface area contributed by atoms with Crippen molar-refractivity contribution in [2.75, 3.05) is 32.8 Å². The van der Waals surface area contributed by atoms with Crippen molar-refractivity contribution in [1.29, 1.82) is 0 Å². The van der Waals surface area contributed by atoms with Gasteiger partial charge in [0, 0.05) is 24.7 Å². The predicted molar refractivity (Wildman–Crippen MR) is 81.3 cm³/mol. The number of amides is 1. The standard InChI is InChI=1S/C15H21ClN2O3/c1-11(19)15(20)17-10-14(18-6-8-21-9-7-18)12-2-4-13(16)5-3-12/h2-5,11,14,19H,6-10H2,1H3,(H,17,20). The number of aliphatic hydroxyl groups excluding tert-OH is 1. The van der Waals surface area contributed by atoms with Gasteiger partial charge in [0.05, 0.1) is 19.3 Å². The molecule has 0 bridgehead atoms. The molecule has 1 heterocycles. The van der Waals surface area contributed by atoms with E-state index < -0.39 is 6.10 Å². The van der Waals surface area contributed by atoms with Crippen LogP contribution < -0.4 is 5.32 Å². The Morgan fingerprint density at radius 2 is 2.00 bits per heavy atom. The normalized spacial score (nSPS) is 19.0. The number of morpholine rings is 1. The quantitative estimate of drug-likeness (QED) is 0.858. The first-order chi connectivity index (χ1) is 10.1. The van der Waals surface area contributed by atoms with Crippen molar-refractivity contribution in [1.82, 2.24) is 10.2 Å². The fraction of sp³-hybridized carbons (Fsp3) is 0.533. The Morgan fingerprint density at radius 1 is 1.38 bits per heavy atom. The number of halogens is 1. The summed E-state index contributed by atoms with van der Waals surface area (Å²) in [6, 6.07) is 7.68. The molecule has 0 spiro atoms. The molecule has 1 fully saturated rings. The van der Waals surface area contributed by atoms with Gasteiger partial charge in [-0.15, -0.1) is 0 Å². The van der Waals surface area contributed by atoms with Crippen LogP contribution in [-0.2, 0) is 9.53 Å². The first-order valence-electron chi connectivity index (χ1n) is 7.11. The van der Waals surface area contributed by atoms with Crippen molar-refractivity contribution < 1.29 is 14.6 Å². The third kappa shape index (κ3) is 4.68. The highest BCUT2D eigenvalue weighted by Crippen LogP contribution is 2.23. The van der Waals surface area contributed by atoms with Crippen LogP contribution in [0.1, 0.15) is 18.5 Å². The Balaban J connectivity index is 2.09. The van der Waals surface area contributed by atoms with E-state index in [-0.39, 0.29) is 11.9 Å². The Hall–Kier alpha value is -1.14. The van der Waals surface area contributed by atoms with Crippen LogP contribution in [-0.4, -0.2) is 54.9 Å². The van der Waals surface area contributed by atoms with E-state index in [1.807, 2.05) is 24.3 Å². The molecular weight excluding hydrogens is 292 g/mol. The first kappa shape index (κ1) is 16.2. The summed E-state index contributed by atoms with van der Waals surface area (Å²) in [5, 5.41) is 12.8. The van der Waals surface area contributed by atoms with Crippen molar-refractivity contribution in [3.63, 3.8) is 0 Å². The van der Waals surface area contributed by atoms with Crippen LogP contribution in [0.5, 0.6) is 0 Å². The highest BCUT2D eigenvalue weighted by molar-refractivity contribution is 6.30. The second-order valence-corrected chi connectivity index (χ2v) is 5.57. The van der Waals surface area contributed by atoms with Crippen LogP contribution in [0.4, 0.5) is 0 Å². The van der Waals surface area contributed by atoms with Crippen molar-refractivity contribution in [3.05, 3.63) is 34.9 Å². The van der Waals surface area contributed by atoms with Crippen LogP contribution in [0.25, 0.3) is 0 Å². The molecule has 0 radical (unpaired) electrons. The van der Waals surface area contributed by atoms with E-state index in [4.69, 9.17) is 16.3 Å². The highest BCUT2D eigenvalue weighted by atomic mass is 35.5. The Bertz CT molecular complexity index is 458. The molecule has 2 N–H and O–H groups in total. The van der Waals surface area contributed by atoms with Crippen molar-refractivity contribution in [2.24, 2.45) is 0 Å². The van der Waals surface area contributed by atoms with Crippen molar-refractivity contribution in [3.8, 4) is 0 Å². The monoisotopic (exact) mass is 312 g/mol. The number of nitrogens with one attached hydrogen (secondary N) is 1. The van der Waals surface area contributed by atoms with Crippen molar-refractivity contribution >= 4 is 17.5 Å². The molecule has 1 aromatic carbocycles. The van der Waals surface area contributed by atoms with Gasteiger partial charge in [-0.3, -0.25) is 9.69 Å². The van der Waals surface area contributed by atoms with E-state index in [1.54, 1.807) is 0 Å². The molecule has 1 aliphatic heterocycles. The molecule has 21 heavy (non-hydrogen) atoms. The zero-order valence-electron chi connectivity index (χ0n) is 12.1. The maximum atomic E-state index is 11.6. The van der Waals surface area contributed by atoms with Gasteiger partial charge in [0.1, 0.15) is 6.10 Å². The molecule has 0 saturated carbocycles. The number of hydrogen-bond donors (Lipinski definition) is 2. The smallest absolute Gasteiger partial charge is 0.248 e. The number of aliphatic hydroxyl groups is 1. The minimum absolute atomic E-state index is 0.0499. The van der Waals surface area contributed by atoms with Gasteiger partial charge in [0.2, 0.25) is 5.91 Å². The molecule has 5 nitrogen and oxygen atoms in total. The Kier molecular flexibility index (Phi) is 5.99. The molecule has 116 valence electrons. The van der Waals surface area contributed by atoms with Gasteiger partial charge >= 0.3 is 0 Å². The summed E-state index contributed by atoms with van der Waals surface area (Å²) in [6.07, 6.45) is -0.999.